The van der Waals surface area contributed by atoms with Gasteiger partial charge in [-0.1, -0.05) is 26.0 Å². The Kier molecular flexibility index (Phi) is 6.36. The van der Waals surface area contributed by atoms with E-state index in [2.05, 4.69) is 10.6 Å². The summed E-state index contributed by atoms with van der Waals surface area (Å²) >= 11 is 0. The normalized spacial score (nSPS) is 13.1. The number of fused-ring (bicyclic) bond motifs is 1. The second kappa shape index (κ2) is 9.29. The summed E-state index contributed by atoms with van der Waals surface area (Å²) in [6.45, 7) is 3.21. The van der Waals surface area contributed by atoms with E-state index in [4.69, 9.17) is 0 Å². The molecule has 0 radical (unpaired) electrons. The Morgan fingerprint density at radius 3 is 1.94 bits per heavy atom. The third kappa shape index (κ3) is 4.70. The van der Waals surface area contributed by atoms with Crippen LogP contribution in [0.25, 0.3) is 0 Å². The van der Waals surface area contributed by atoms with Crippen molar-refractivity contribution in [2.24, 2.45) is 5.92 Å². The molecule has 0 saturated heterocycles. The van der Waals surface area contributed by atoms with Gasteiger partial charge in [0.1, 0.15) is 0 Å². The molecule has 0 aliphatic carbocycles. The first-order valence-corrected chi connectivity index (χ1v) is 10.9. The largest absolute Gasteiger partial charge is 0.418 e. The minimum atomic E-state index is -4.80. The molecule has 10 heteroatoms. The maximum absolute atomic E-state index is 13.7. The lowest BCUT2D eigenvalue weighted by molar-refractivity contribution is -0.137. The number of amides is 4. The average Bonchev–Trinajstić information content (AvgIpc) is 3.09. The summed E-state index contributed by atoms with van der Waals surface area (Å²) in [4.78, 5) is 50.7. The van der Waals surface area contributed by atoms with Crippen LogP contribution in [0, 0.1) is 5.92 Å². The van der Waals surface area contributed by atoms with Crippen LogP contribution in [0.4, 0.5) is 30.2 Å². The van der Waals surface area contributed by atoms with Gasteiger partial charge in [-0.05, 0) is 54.6 Å². The lowest BCUT2D eigenvalue weighted by Crippen LogP contribution is -2.29. The van der Waals surface area contributed by atoms with Crippen molar-refractivity contribution in [1.82, 2.24) is 0 Å². The second-order valence-corrected chi connectivity index (χ2v) is 8.39. The van der Waals surface area contributed by atoms with Crippen LogP contribution in [-0.4, -0.2) is 23.6 Å². The Labute approximate surface area is 203 Å². The molecule has 3 aromatic carbocycles. The van der Waals surface area contributed by atoms with Gasteiger partial charge in [-0.3, -0.25) is 19.2 Å². The maximum Gasteiger partial charge on any atom is 0.418 e. The van der Waals surface area contributed by atoms with Crippen molar-refractivity contribution in [3.8, 4) is 0 Å². The highest BCUT2D eigenvalue weighted by atomic mass is 19.4. The number of nitrogens with one attached hydrogen (secondary N) is 2. The van der Waals surface area contributed by atoms with Crippen molar-refractivity contribution in [2.45, 2.75) is 20.0 Å². The van der Waals surface area contributed by atoms with Gasteiger partial charge in [-0.2, -0.15) is 13.2 Å². The molecule has 0 spiro atoms. The molecule has 3 aromatic rings. The van der Waals surface area contributed by atoms with E-state index < -0.39 is 47.0 Å². The lowest BCUT2D eigenvalue weighted by Gasteiger charge is -2.17. The number of hydrogen-bond acceptors (Lipinski definition) is 4. The first-order chi connectivity index (χ1) is 17.0. The highest BCUT2D eigenvalue weighted by Gasteiger charge is 2.37. The fourth-order valence-electron chi connectivity index (χ4n) is 3.63. The maximum atomic E-state index is 13.7. The molecule has 0 aromatic heterocycles. The zero-order valence-electron chi connectivity index (χ0n) is 19.1. The molecule has 4 rings (SSSR count). The third-order valence-electron chi connectivity index (χ3n) is 5.55. The van der Waals surface area contributed by atoms with Crippen LogP contribution in [0.2, 0.25) is 0 Å². The van der Waals surface area contributed by atoms with E-state index in [0.717, 1.165) is 17.0 Å². The topological polar surface area (TPSA) is 95.6 Å². The van der Waals surface area contributed by atoms with Gasteiger partial charge in [0.05, 0.1) is 28.1 Å². The standard InChI is InChI=1S/C26H20F3N3O4/c1-14(2)22(33)30-16-9-12-21(20(13-16)26(27,28)29)31-23(34)15-7-10-17(11-8-15)32-24(35)18-5-3-4-6-19(18)25(32)36/h3-14H,1-2H3,(H,30,33)(H,31,34). The van der Waals surface area contributed by atoms with E-state index in [1.807, 2.05) is 0 Å². The van der Waals surface area contributed by atoms with Gasteiger partial charge in [-0.25, -0.2) is 4.90 Å². The Bertz CT molecular complexity index is 1350. The van der Waals surface area contributed by atoms with Crippen molar-refractivity contribution in [2.75, 3.05) is 15.5 Å². The Morgan fingerprint density at radius 1 is 0.833 bits per heavy atom. The predicted molar refractivity (Wildman–Crippen MR) is 127 cm³/mol. The molecule has 0 bridgehead atoms. The smallest absolute Gasteiger partial charge is 0.326 e. The summed E-state index contributed by atoms with van der Waals surface area (Å²) in [6.07, 6.45) is -4.80. The van der Waals surface area contributed by atoms with Crippen molar-refractivity contribution >= 4 is 40.7 Å². The van der Waals surface area contributed by atoms with Crippen LogP contribution in [0.15, 0.2) is 66.7 Å². The number of carbonyl (C=O) groups excluding carboxylic acids is 4. The first kappa shape index (κ1) is 24.6. The number of hydrogen-bond donors (Lipinski definition) is 2. The Morgan fingerprint density at radius 2 is 1.42 bits per heavy atom. The monoisotopic (exact) mass is 495 g/mol. The number of anilines is 3. The highest BCUT2D eigenvalue weighted by molar-refractivity contribution is 6.34. The SMILES string of the molecule is CC(C)C(=O)Nc1ccc(NC(=O)c2ccc(N3C(=O)c4ccccc4C3=O)cc2)c(C(F)(F)F)c1. The number of carbonyl (C=O) groups is 4. The van der Waals surface area contributed by atoms with Crippen LogP contribution in [-0.2, 0) is 11.0 Å². The molecule has 36 heavy (non-hydrogen) atoms. The highest BCUT2D eigenvalue weighted by Crippen LogP contribution is 2.37. The molecule has 184 valence electrons. The van der Waals surface area contributed by atoms with E-state index in [-0.39, 0.29) is 28.1 Å². The van der Waals surface area contributed by atoms with E-state index >= 15 is 0 Å². The van der Waals surface area contributed by atoms with E-state index in [1.54, 1.807) is 26.0 Å². The van der Waals surface area contributed by atoms with Crippen molar-refractivity contribution in [3.05, 3.63) is 89.0 Å². The fourth-order valence-corrected chi connectivity index (χ4v) is 3.63. The van der Waals surface area contributed by atoms with Gasteiger partial charge < -0.3 is 10.6 Å². The fraction of sp³-hybridized carbons (Fsp3) is 0.154. The summed E-state index contributed by atoms with van der Waals surface area (Å²) in [5.41, 5.74) is -0.905. The van der Waals surface area contributed by atoms with Gasteiger partial charge in [0, 0.05) is 17.2 Å². The molecule has 2 N–H and O–H groups in total. The minimum absolute atomic E-state index is 0.0145. The third-order valence-corrected chi connectivity index (χ3v) is 5.55. The molecule has 0 fully saturated rings. The molecule has 4 amide bonds. The summed E-state index contributed by atoms with van der Waals surface area (Å²) in [6, 6.07) is 14.8. The number of halogens is 3. The molecule has 1 aliphatic rings. The summed E-state index contributed by atoms with van der Waals surface area (Å²) < 4.78 is 41.0. The van der Waals surface area contributed by atoms with E-state index in [0.29, 0.717) is 0 Å². The Hall–Kier alpha value is -4.47. The Balaban J connectivity index is 1.54. The zero-order valence-corrected chi connectivity index (χ0v) is 19.1. The molecule has 7 nitrogen and oxygen atoms in total. The predicted octanol–water partition coefficient (Wildman–Crippen LogP) is 5.35. The quantitative estimate of drug-likeness (QED) is 0.467. The minimum Gasteiger partial charge on any atom is -0.326 e. The van der Waals surface area contributed by atoms with E-state index in [1.165, 1.54) is 42.5 Å². The van der Waals surface area contributed by atoms with Gasteiger partial charge in [-0.15, -0.1) is 0 Å². The number of nitrogens with zero attached hydrogens (tertiary/aromatic N) is 1. The van der Waals surface area contributed by atoms with Crippen LogP contribution >= 0.6 is 0 Å². The lowest BCUT2D eigenvalue weighted by atomic mass is 10.1. The van der Waals surface area contributed by atoms with Gasteiger partial charge in [0.15, 0.2) is 0 Å². The van der Waals surface area contributed by atoms with Crippen LogP contribution in [0.3, 0.4) is 0 Å². The van der Waals surface area contributed by atoms with Crippen LogP contribution in [0.5, 0.6) is 0 Å². The number of imide groups is 1. The summed E-state index contributed by atoms with van der Waals surface area (Å²) in [5.74, 6) is -2.71. The van der Waals surface area contributed by atoms with Crippen molar-refractivity contribution in [1.29, 1.82) is 0 Å². The average molecular weight is 495 g/mol. The van der Waals surface area contributed by atoms with Gasteiger partial charge >= 0.3 is 6.18 Å². The van der Waals surface area contributed by atoms with Crippen molar-refractivity contribution < 1.29 is 32.3 Å². The molecular weight excluding hydrogens is 475 g/mol. The molecule has 0 saturated carbocycles. The summed E-state index contributed by atoms with van der Waals surface area (Å²) in [7, 11) is 0. The number of alkyl halides is 3. The van der Waals surface area contributed by atoms with Crippen LogP contribution < -0.4 is 15.5 Å². The van der Waals surface area contributed by atoms with Gasteiger partial charge in [0.25, 0.3) is 17.7 Å². The molecule has 0 unspecified atom stereocenters. The molecule has 0 atom stereocenters. The summed E-state index contributed by atoms with van der Waals surface area (Å²) in [5, 5.41) is 4.64. The van der Waals surface area contributed by atoms with E-state index in [9.17, 15) is 32.3 Å². The zero-order chi connectivity index (χ0) is 26.2. The molecule has 1 aliphatic heterocycles. The second-order valence-electron chi connectivity index (χ2n) is 8.39. The molecular formula is C26H20F3N3O4. The van der Waals surface area contributed by atoms with Crippen LogP contribution in [0.1, 0.15) is 50.5 Å². The number of rotatable bonds is 5. The number of benzene rings is 3. The molecule has 1 heterocycles. The van der Waals surface area contributed by atoms with Gasteiger partial charge in [0.2, 0.25) is 5.91 Å². The first-order valence-electron chi connectivity index (χ1n) is 10.9. The van der Waals surface area contributed by atoms with Crippen molar-refractivity contribution in [3.63, 3.8) is 0 Å².